The Kier molecular flexibility index (Phi) is 5.79. The van der Waals surface area contributed by atoms with Gasteiger partial charge in [-0.15, -0.1) is 0 Å². The monoisotopic (exact) mass is 260 g/mol. The van der Waals surface area contributed by atoms with Crippen molar-refractivity contribution >= 4 is 11.8 Å². The standard InChI is InChI=1S/C15H20N2O2/c1-11(2)8-9-13(15(16)19)17-14(18)10-12-6-4-3-5-7-12/h3-8,13H,9-10H2,1-2H3,(H2,16,19)(H,17,18)/t13-/m1/s1. The molecule has 1 rings (SSSR count). The summed E-state index contributed by atoms with van der Waals surface area (Å²) in [4.78, 5) is 23.1. The number of carbonyl (C=O) groups excluding carboxylic acids is 2. The summed E-state index contributed by atoms with van der Waals surface area (Å²) in [5.74, 6) is -0.712. The molecule has 0 heterocycles. The molecule has 4 nitrogen and oxygen atoms in total. The number of carbonyl (C=O) groups is 2. The summed E-state index contributed by atoms with van der Waals surface area (Å²) in [6.07, 6.45) is 2.57. The van der Waals surface area contributed by atoms with Crippen LogP contribution in [0.25, 0.3) is 0 Å². The summed E-state index contributed by atoms with van der Waals surface area (Å²) in [6, 6.07) is 8.73. The van der Waals surface area contributed by atoms with E-state index in [0.717, 1.165) is 11.1 Å². The topological polar surface area (TPSA) is 72.2 Å². The van der Waals surface area contributed by atoms with Gasteiger partial charge >= 0.3 is 0 Å². The van der Waals surface area contributed by atoms with Crippen molar-refractivity contribution in [1.29, 1.82) is 0 Å². The Morgan fingerprint density at radius 2 is 1.89 bits per heavy atom. The minimum absolute atomic E-state index is 0.197. The highest BCUT2D eigenvalue weighted by molar-refractivity contribution is 5.87. The molecule has 0 aliphatic heterocycles. The second-order valence-corrected chi connectivity index (χ2v) is 4.70. The van der Waals surface area contributed by atoms with Crippen LogP contribution in [0.2, 0.25) is 0 Å². The third-order valence-corrected chi connectivity index (χ3v) is 2.65. The molecular formula is C15H20N2O2. The first kappa shape index (κ1) is 15.0. The molecule has 1 aromatic carbocycles. The van der Waals surface area contributed by atoms with Gasteiger partial charge in [0.05, 0.1) is 6.42 Å². The van der Waals surface area contributed by atoms with Gasteiger partial charge in [0.15, 0.2) is 0 Å². The van der Waals surface area contributed by atoms with E-state index < -0.39 is 11.9 Å². The minimum Gasteiger partial charge on any atom is -0.368 e. The fourth-order valence-corrected chi connectivity index (χ4v) is 1.63. The van der Waals surface area contributed by atoms with E-state index in [2.05, 4.69) is 5.32 Å². The first-order valence-corrected chi connectivity index (χ1v) is 6.25. The summed E-state index contributed by atoms with van der Waals surface area (Å²) in [6.45, 7) is 3.87. The zero-order valence-corrected chi connectivity index (χ0v) is 11.3. The molecule has 4 heteroatoms. The Hall–Kier alpha value is -2.10. The first-order valence-electron chi connectivity index (χ1n) is 6.25. The summed E-state index contributed by atoms with van der Waals surface area (Å²) >= 11 is 0. The number of nitrogens with two attached hydrogens (primary N) is 1. The normalized spacial score (nSPS) is 11.5. The quantitative estimate of drug-likeness (QED) is 0.762. The van der Waals surface area contributed by atoms with Crippen LogP contribution in [0.4, 0.5) is 0 Å². The average molecular weight is 260 g/mol. The molecular weight excluding hydrogens is 240 g/mol. The zero-order valence-electron chi connectivity index (χ0n) is 11.3. The predicted octanol–water partition coefficient (Wildman–Crippen LogP) is 1.56. The van der Waals surface area contributed by atoms with Gasteiger partial charge < -0.3 is 11.1 Å². The number of hydrogen-bond acceptors (Lipinski definition) is 2. The van der Waals surface area contributed by atoms with Crippen molar-refractivity contribution in [1.82, 2.24) is 5.32 Å². The van der Waals surface area contributed by atoms with Crippen LogP contribution >= 0.6 is 0 Å². The number of benzene rings is 1. The van der Waals surface area contributed by atoms with Crippen molar-refractivity contribution in [2.45, 2.75) is 32.7 Å². The van der Waals surface area contributed by atoms with Gasteiger partial charge in [-0.2, -0.15) is 0 Å². The van der Waals surface area contributed by atoms with E-state index >= 15 is 0 Å². The molecule has 0 spiro atoms. The first-order chi connectivity index (χ1) is 8.99. The molecule has 2 amide bonds. The largest absolute Gasteiger partial charge is 0.368 e. The predicted molar refractivity (Wildman–Crippen MR) is 75.3 cm³/mol. The van der Waals surface area contributed by atoms with Crippen LogP contribution in [0.3, 0.4) is 0 Å². The fraction of sp³-hybridized carbons (Fsp3) is 0.333. The third kappa shape index (κ3) is 5.86. The van der Waals surface area contributed by atoms with Crippen LogP contribution < -0.4 is 11.1 Å². The van der Waals surface area contributed by atoms with E-state index in [9.17, 15) is 9.59 Å². The van der Waals surface area contributed by atoms with Crippen molar-refractivity contribution in [3.05, 3.63) is 47.5 Å². The van der Waals surface area contributed by atoms with Gasteiger partial charge in [-0.3, -0.25) is 9.59 Å². The molecule has 19 heavy (non-hydrogen) atoms. The van der Waals surface area contributed by atoms with E-state index in [1.54, 1.807) is 0 Å². The molecule has 0 aliphatic carbocycles. The number of amides is 2. The molecule has 0 saturated heterocycles. The number of nitrogens with one attached hydrogen (secondary N) is 1. The van der Waals surface area contributed by atoms with Crippen LogP contribution in [0, 0.1) is 0 Å². The molecule has 102 valence electrons. The highest BCUT2D eigenvalue weighted by atomic mass is 16.2. The number of hydrogen-bond donors (Lipinski definition) is 2. The third-order valence-electron chi connectivity index (χ3n) is 2.65. The lowest BCUT2D eigenvalue weighted by atomic mass is 10.1. The van der Waals surface area contributed by atoms with E-state index in [1.165, 1.54) is 0 Å². The van der Waals surface area contributed by atoms with Gasteiger partial charge in [-0.1, -0.05) is 42.0 Å². The van der Waals surface area contributed by atoms with E-state index in [0.29, 0.717) is 6.42 Å². The maximum Gasteiger partial charge on any atom is 0.240 e. The van der Waals surface area contributed by atoms with Crippen molar-refractivity contribution in [3.63, 3.8) is 0 Å². The Morgan fingerprint density at radius 1 is 1.26 bits per heavy atom. The molecule has 0 aromatic heterocycles. The van der Waals surface area contributed by atoms with Crippen LogP contribution in [-0.2, 0) is 16.0 Å². The van der Waals surface area contributed by atoms with Gasteiger partial charge in [-0.25, -0.2) is 0 Å². The SMILES string of the molecule is CC(C)=CC[C@@H](NC(=O)Cc1ccccc1)C(N)=O. The number of primary amides is 1. The minimum atomic E-state index is -0.647. The van der Waals surface area contributed by atoms with E-state index in [4.69, 9.17) is 5.73 Å². The van der Waals surface area contributed by atoms with Gasteiger partial charge in [0, 0.05) is 0 Å². The van der Waals surface area contributed by atoms with Gasteiger partial charge in [0.2, 0.25) is 11.8 Å². The van der Waals surface area contributed by atoms with Gasteiger partial charge in [0.1, 0.15) is 6.04 Å². The highest BCUT2D eigenvalue weighted by Gasteiger charge is 2.16. The molecule has 0 unspecified atom stereocenters. The Bertz CT molecular complexity index is 462. The smallest absolute Gasteiger partial charge is 0.240 e. The lowest BCUT2D eigenvalue weighted by molar-refractivity contribution is -0.126. The molecule has 1 atom stereocenters. The molecule has 0 fully saturated rings. The van der Waals surface area contributed by atoms with Crippen molar-refractivity contribution in [2.75, 3.05) is 0 Å². The average Bonchev–Trinajstić information content (AvgIpc) is 2.35. The van der Waals surface area contributed by atoms with Crippen LogP contribution in [-0.4, -0.2) is 17.9 Å². The molecule has 0 radical (unpaired) electrons. The van der Waals surface area contributed by atoms with E-state index in [1.807, 2.05) is 50.3 Å². The molecule has 1 aromatic rings. The van der Waals surface area contributed by atoms with Crippen molar-refractivity contribution in [2.24, 2.45) is 5.73 Å². The molecule has 0 bridgehead atoms. The van der Waals surface area contributed by atoms with Crippen LogP contribution in [0.15, 0.2) is 42.0 Å². The zero-order chi connectivity index (χ0) is 14.3. The Labute approximate surface area is 113 Å². The van der Waals surface area contributed by atoms with Gasteiger partial charge in [0.25, 0.3) is 0 Å². The lowest BCUT2D eigenvalue weighted by Gasteiger charge is -2.14. The van der Waals surface area contributed by atoms with Crippen LogP contribution in [0.1, 0.15) is 25.8 Å². The molecule has 0 saturated carbocycles. The summed E-state index contributed by atoms with van der Waals surface area (Å²) in [7, 11) is 0. The van der Waals surface area contributed by atoms with Gasteiger partial charge in [-0.05, 0) is 25.8 Å². The summed E-state index contributed by atoms with van der Waals surface area (Å²) < 4.78 is 0. The van der Waals surface area contributed by atoms with Crippen LogP contribution in [0.5, 0.6) is 0 Å². The fourth-order valence-electron chi connectivity index (χ4n) is 1.63. The van der Waals surface area contributed by atoms with Crippen molar-refractivity contribution < 1.29 is 9.59 Å². The highest BCUT2D eigenvalue weighted by Crippen LogP contribution is 2.02. The molecule has 3 N–H and O–H groups in total. The number of allylic oxidation sites excluding steroid dienone is 1. The second-order valence-electron chi connectivity index (χ2n) is 4.70. The number of rotatable bonds is 6. The second kappa shape index (κ2) is 7.36. The van der Waals surface area contributed by atoms with E-state index in [-0.39, 0.29) is 12.3 Å². The maximum absolute atomic E-state index is 11.8. The summed E-state index contributed by atoms with van der Waals surface area (Å²) in [5, 5.41) is 2.66. The Morgan fingerprint density at radius 3 is 2.42 bits per heavy atom. The lowest BCUT2D eigenvalue weighted by Crippen LogP contribution is -2.44. The van der Waals surface area contributed by atoms with Crippen molar-refractivity contribution in [3.8, 4) is 0 Å². The Balaban J connectivity index is 2.57. The molecule has 0 aliphatic rings. The summed E-state index contributed by atoms with van der Waals surface area (Å²) in [5.41, 5.74) is 7.28. The maximum atomic E-state index is 11.8.